The van der Waals surface area contributed by atoms with E-state index in [-0.39, 0.29) is 6.61 Å². The first-order chi connectivity index (χ1) is 9.32. The molecule has 0 aromatic carbocycles. The molecule has 2 fully saturated rings. The lowest BCUT2D eigenvalue weighted by Crippen LogP contribution is -2.61. The summed E-state index contributed by atoms with van der Waals surface area (Å²) >= 11 is 0. The van der Waals surface area contributed by atoms with Gasteiger partial charge >= 0.3 is 0 Å². The van der Waals surface area contributed by atoms with Crippen LogP contribution < -0.4 is 0 Å². The van der Waals surface area contributed by atoms with Crippen LogP contribution in [0.25, 0.3) is 0 Å². The lowest BCUT2D eigenvalue weighted by Gasteiger charge is -2.43. The van der Waals surface area contributed by atoms with Crippen LogP contribution in [-0.2, 0) is 14.2 Å². The van der Waals surface area contributed by atoms with E-state index in [4.69, 9.17) is 14.2 Å². The maximum atomic E-state index is 9.89. The van der Waals surface area contributed by atoms with E-state index in [2.05, 4.69) is 0 Å². The van der Waals surface area contributed by atoms with Crippen molar-refractivity contribution in [2.45, 2.75) is 62.2 Å². The maximum absolute atomic E-state index is 9.89. The van der Waals surface area contributed by atoms with Crippen LogP contribution in [0.15, 0.2) is 0 Å². The molecule has 2 aliphatic heterocycles. The molecule has 9 nitrogen and oxygen atoms in total. The molecule has 6 N–H and O–H groups in total. The SMILES string of the molecule is C[C@@H]1OC(O)[C@H](O)[C@H](O[C@@H]2OC[C@@H](O)[C@H](O)[C@H]2O)[C@H]1O. The van der Waals surface area contributed by atoms with Gasteiger partial charge in [0.25, 0.3) is 0 Å². The molecule has 9 heteroatoms. The summed E-state index contributed by atoms with van der Waals surface area (Å²) < 4.78 is 15.1. The van der Waals surface area contributed by atoms with Gasteiger partial charge in [-0.3, -0.25) is 0 Å². The highest BCUT2D eigenvalue weighted by atomic mass is 16.7. The van der Waals surface area contributed by atoms with Crippen molar-refractivity contribution in [3.05, 3.63) is 0 Å². The van der Waals surface area contributed by atoms with E-state index in [1.807, 2.05) is 0 Å². The fraction of sp³-hybridized carbons (Fsp3) is 1.00. The normalized spacial score (nSPS) is 53.9. The minimum absolute atomic E-state index is 0.267. The fourth-order valence-electron chi connectivity index (χ4n) is 2.23. The molecule has 0 radical (unpaired) electrons. The van der Waals surface area contributed by atoms with Gasteiger partial charge in [-0.15, -0.1) is 0 Å². The van der Waals surface area contributed by atoms with E-state index >= 15 is 0 Å². The highest BCUT2D eigenvalue weighted by Crippen LogP contribution is 2.26. The average Bonchev–Trinajstić information content (AvgIpc) is 2.41. The zero-order valence-corrected chi connectivity index (χ0v) is 10.8. The predicted molar refractivity (Wildman–Crippen MR) is 61.2 cm³/mol. The molecule has 2 heterocycles. The van der Waals surface area contributed by atoms with Gasteiger partial charge in [-0.1, -0.05) is 0 Å². The third-order valence-corrected chi connectivity index (χ3v) is 3.55. The fourth-order valence-corrected chi connectivity index (χ4v) is 2.23. The highest BCUT2D eigenvalue weighted by Gasteiger charge is 2.47. The molecule has 0 saturated carbocycles. The summed E-state index contributed by atoms with van der Waals surface area (Å²) in [5.41, 5.74) is 0. The molecule has 9 atom stereocenters. The van der Waals surface area contributed by atoms with E-state index in [1.54, 1.807) is 0 Å². The number of aliphatic hydroxyl groups is 6. The molecule has 2 aliphatic rings. The molecule has 1 unspecified atom stereocenters. The standard InChI is InChI=1S/C11H20O9/c1-3-5(13)9(8(16)10(17)19-3)20-11-7(15)6(14)4(12)2-18-11/h3-17H,2H2,1H3/t3-,4+,5-,6-,7+,8+,9+,10?,11-/m0/s1. The third kappa shape index (κ3) is 2.96. The number of ether oxygens (including phenoxy) is 3. The zero-order valence-electron chi connectivity index (χ0n) is 10.8. The van der Waals surface area contributed by atoms with Gasteiger partial charge in [0, 0.05) is 0 Å². The molecule has 2 saturated heterocycles. The summed E-state index contributed by atoms with van der Waals surface area (Å²) in [6.07, 6.45) is -12.0. The van der Waals surface area contributed by atoms with Gasteiger partial charge in [0.2, 0.25) is 0 Å². The van der Waals surface area contributed by atoms with Crippen LogP contribution in [0.5, 0.6) is 0 Å². The van der Waals surface area contributed by atoms with E-state index in [1.165, 1.54) is 6.92 Å². The van der Waals surface area contributed by atoms with Gasteiger partial charge in [-0.05, 0) is 6.92 Å². The first-order valence-corrected chi connectivity index (χ1v) is 6.34. The molecule has 2 rings (SSSR count). The number of rotatable bonds is 2. The molecular weight excluding hydrogens is 276 g/mol. The van der Waals surface area contributed by atoms with Gasteiger partial charge in [0.1, 0.15) is 36.6 Å². The lowest BCUT2D eigenvalue weighted by molar-refractivity contribution is -0.339. The molecular formula is C11H20O9. The Bertz CT molecular complexity index is 313. The molecule has 0 aromatic heterocycles. The van der Waals surface area contributed by atoms with E-state index in [0.29, 0.717) is 0 Å². The van der Waals surface area contributed by atoms with Crippen molar-refractivity contribution in [2.24, 2.45) is 0 Å². The van der Waals surface area contributed by atoms with Gasteiger partial charge in [0.05, 0.1) is 12.7 Å². The van der Waals surface area contributed by atoms with Crippen LogP contribution in [0.4, 0.5) is 0 Å². The molecule has 0 amide bonds. The van der Waals surface area contributed by atoms with Crippen LogP contribution in [0.1, 0.15) is 6.92 Å². The second kappa shape index (κ2) is 6.18. The van der Waals surface area contributed by atoms with E-state index in [9.17, 15) is 30.6 Å². The van der Waals surface area contributed by atoms with E-state index in [0.717, 1.165) is 0 Å². The van der Waals surface area contributed by atoms with Gasteiger partial charge in [-0.2, -0.15) is 0 Å². The number of hydrogen-bond acceptors (Lipinski definition) is 9. The first-order valence-electron chi connectivity index (χ1n) is 6.34. The zero-order chi connectivity index (χ0) is 15.0. The summed E-state index contributed by atoms with van der Waals surface area (Å²) in [5.74, 6) is 0. The van der Waals surface area contributed by atoms with Crippen molar-refractivity contribution >= 4 is 0 Å². The number of aliphatic hydroxyl groups excluding tert-OH is 6. The Hall–Kier alpha value is -0.360. The lowest BCUT2D eigenvalue weighted by atomic mass is 9.99. The number of hydrogen-bond donors (Lipinski definition) is 6. The second-order valence-corrected chi connectivity index (χ2v) is 5.06. The minimum atomic E-state index is -1.55. The Morgan fingerprint density at radius 3 is 2.20 bits per heavy atom. The Morgan fingerprint density at radius 1 is 0.900 bits per heavy atom. The van der Waals surface area contributed by atoms with Crippen molar-refractivity contribution in [1.82, 2.24) is 0 Å². The minimum Gasteiger partial charge on any atom is -0.388 e. The van der Waals surface area contributed by atoms with Crippen LogP contribution in [0.2, 0.25) is 0 Å². The van der Waals surface area contributed by atoms with Crippen molar-refractivity contribution in [1.29, 1.82) is 0 Å². The molecule has 0 spiro atoms. The van der Waals surface area contributed by atoms with Gasteiger partial charge < -0.3 is 44.8 Å². The summed E-state index contributed by atoms with van der Waals surface area (Å²) in [7, 11) is 0. The quantitative estimate of drug-likeness (QED) is 0.302. The van der Waals surface area contributed by atoms with Crippen molar-refractivity contribution < 1.29 is 44.8 Å². The topological polar surface area (TPSA) is 149 Å². The molecule has 20 heavy (non-hydrogen) atoms. The van der Waals surface area contributed by atoms with Crippen molar-refractivity contribution in [3.63, 3.8) is 0 Å². The van der Waals surface area contributed by atoms with E-state index < -0.39 is 55.3 Å². The smallest absolute Gasteiger partial charge is 0.186 e. The van der Waals surface area contributed by atoms with Crippen molar-refractivity contribution in [3.8, 4) is 0 Å². The van der Waals surface area contributed by atoms with Crippen molar-refractivity contribution in [2.75, 3.05) is 6.61 Å². The summed E-state index contributed by atoms with van der Waals surface area (Å²) in [6, 6.07) is 0. The second-order valence-electron chi connectivity index (χ2n) is 5.06. The summed E-state index contributed by atoms with van der Waals surface area (Å²) in [4.78, 5) is 0. The Kier molecular flexibility index (Phi) is 4.95. The third-order valence-electron chi connectivity index (χ3n) is 3.55. The molecule has 0 bridgehead atoms. The van der Waals surface area contributed by atoms with Crippen LogP contribution in [-0.4, -0.2) is 92.6 Å². The monoisotopic (exact) mass is 296 g/mol. The Balaban J connectivity index is 2.04. The average molecular weight is 296 g/mol. The van der Waals surface area contributed by atoms with Crippen LogP contribution >= 0.6 is 0 Å². The largest absolute Gasteiger partial charge is 0.388 e. The molecule has 0 aromatic rings. The maximum Gasteiger partial charge on any atom is 0.186 e. The van der Waals surface area contributed by atoms with Crippen LogP contribution in [0.3, 0.4) is 0 Å². The van der Waals surface area contributed by atoms with Gasteiger partial charge in [0.15, 0.2) is 12.6 Å². The molecule has 0 aliphatic carbocycles. The predicted octanol–water partition coefficient (Wildman–Crippen LogP) is -3.73. The summed E-state index contributed by atoms with van der Waals surface area (Å²) in [6.45, 7) is 1.21. The highest BCUT2D eigenvalue weighted by molar-refractivity contribution is 4.90. The first kappa shape index (κ1) is 16.0. The Labute approximate surface area is 114 Å². The molecule has 118 valence electrons. The summed E-state index contributed by atoms with van der Waals surface area (Å²) in [5, 5.41) is 57.7. The van der Waals surface area contributed by atoms with Crippen LogP contribution in [0, 0.1) is 0 Å². The van der Waals surface area contributed by atoms with Gasteiger partial charge in [-0.25, -0.2) is 0 Å². The Morgan fingerprint density at radius 2 is 1.55 bits per heavy atom.